The van der Waals surface area contributed by atoms with Crippen LogP contribution in [0.3, 0.4) is 0 Å². The molecule has 0 aliphatic carbocycles. The average Bonchev–Trinajstić information content (AvgIpc) is 2.87. The minimum Gasteiger partial charge on any atom is -0.494 e. The fourth-order valence-electron chi connectivity index (χ4n) is 3.86. The molecule has 0 bridgehead atoms. The Morgan fingerprint density at radius 1 is 0.941 bits per heavy atom. The Morgan fingerprint density at radius 3 is 2.41 bits per heavy atom. The summed E-state index contributed by atoms with van der Waals surface area (Å²) < 4.78 is 5.75. The predicted octanol–water partition coefficient (Wildman–Crippen LogP) is 4.46. The zero-order valence-corrected chi connectivity index (χ0v) is 19.9. The number of aromatic nitrogens is 3. The molecule has 1 aliphatic rings. The molecule has 4 rings (SSSR count). The van der Waals surface area contributed by atoms with E-state index in [1.165, 1.54) is 12.8 Å². The number of piperazine rings is 1. The number of ether oxygens (including phenoxy) is 1. The van der Waals surface area contributed by atoms with Gasteiger partial charge in [-0.25, -0.2) is 4.98 Å². The second-order valence-corrected chi connectivity index (χ2v) is 8.43. The van der Waals surface area contributed by atoms with E-state index >= 15 is 0 Å². The van der Waals surface area contributed by atoms with Crippen LogP contribution in [0.15, 0.2) is 54.6 Å². The highest BCUT2D eigenvalue weighted by atomic mass is 16.5. The number of aryl methyl sites for hydroxylation is 1. The van der Waals surface area contributed by atoms with Gasteiger partial charge in [0, 0.05) is 37.4 Å². The Bertz CT molecular complexity index is 1060. The van der Waals surface area contributed by atoms with Crippen LogP contribution in [0.1, 0.15) is 42.2 Å². The van der Waals surface area contributed by atoms with E-state index < -0.39 is 0 Å². The molecule has 0 radical (unpaired) electrons. The Labute approximate surface area is 201 Å². The van der Waals surface area contributed by atoms with Crippen LogP contribution in [0.5, 0.6) is 5.75 Å². The first-order chi connectivity index (χ1) is 16.6. The van der Waals surface area contributed by atoms with E-state index in [1.807, 2.05) is 66.4 Å². The minimum atomic E-state index is 0.0495. The number of rotatable bonds is 9. The number of anilines is 3. The minimum absolute atomic E-state index is 0.0495. The van der Waals surface area contributed by atoms with Crippen LogP contribution in [0, 0.1) is 6.92 Å². The highest BCUT2D eigenvalue weighted by molar-refractivity contribution is 5.94. The molecule has 1 N–H and O–H groups in total. The van der Waals surface area contributed by atoms with E-state index in [-0.39, 0.29) is 5.91 Å². The lowest BCUT2D eigenvalue weighted by Crippen LogP contribution is -2.49. The number of hydrogen-bond acceptors (Lipinski definition) is 7. The molecular formula is C26H32N6O2. The van der Waals surface area contributed by atoms with Gasteiger partial charge in [-0.1, -0.05) is 25.8 Å². The topological polar surface area (TPSA) is 83.5 Å². The summed E-state index contributed by atoms with van der Waals surface area (Å²) in [5, 5.41) is 11.8. The van der Waals surface area contributed by atoms with E-state index in [1.54, 1.807) is 0 Å². The lowest BCUT2D eigenvalue weighted by Gasteiger charge is -2.35. The summed E-state index contributed by atoms with van der Waals surface area (Å²) in [4.78, 5) is 21.4. The third-order valence-electron chi connectivity index (χ3n) is 5.80. The quantitative estimate of drug-likeness (QED) is 0.472. The predicted molar refractivity (Wildman–Crippen MR) is 134 cm³/mol. The molecule has 34 heavy (non-hydrogen) atoms. The first kappa shape index (κ1) is 23.5. The first-order valence-electron chi connectivity index (χ1n) is 11.9. The Balaban J connectivity index is 1.27. The molecule has 1 aromatic carbocycles. The summed E-state index contributed by atoms with van der Waals surface area (Å²) in [6.45, 7) is 7.55. The van der Waals surface area contributed by atoms with Crippen molar-refractivity contribution in [1.29, 1.82) is 0 Å². The number of nitrogens with one attached hydrogen (secondary N) is 1. The van der Waals surface area contributed by atoms with E-state index in [9.17, 15) is 4.79 Å². The number of benzene rings is 1. The second kappa shape index (κ2) is 11.4. The maximum Gasteiger partial charge on any atom is 0.253 e. The third kappa shape index (κ3) is 6.21. The van der Waals surface area contributed by atoms with Crippen molar-refractivity contribution < 1.29 is 9.53 Å². The lowest BCUT2D eigenvalue weighted by molar-refractivity contribution is 0.0746. The standard InChI is InChI=1S/C26H32N6O2/c1-3-4-5-19-34-22-11-9-21(10-12-22)26(33)32-17-15-31(16-18-32)25-14-13-24(29-30-25)28-23-8-6-7-20(2)27-23/h6-14H,3-5,15-19H2,1-2H3,(H,27,28,29). The molecule has 8 heteroatoms. The molecule has 3 heterocycles. The fourth-order valence-corrected chi connectivity index (χ4v) is 3.86. The molecule has 3 aromatic rings. The maximum atomic E-state index is 12.9. The zero-order valence-electron chi connectivity index (χ0n) is 19.9. The van der Waals surface area contributed by atoms with Gasteiger partial charge in [0.15, 0.2) is 11.6 Å². The number of amides is 1. The van der Waals surface area contributed by atoms with Crippen molar-refractivity contribution >= 4 is 23.4 Å². The summed E-state index contributed by atoms with van der Waals surface area (Å²) in [6.07, 6.45) is 3.39. The van der Waals surface area contributed by atoms with Crippen LogP contribution in [0.2, 0.25) is 0 Å². The number of nitrogens with zero attached hydrogens (tertiary/aromatic N) is 5. The van der Waals surface area contributed by atoms with E-state index in [4.69, 9.17) is 4.74 Å². The molecule has 0 unspecified atom stereocenters. The molecule has 8 nitrogen and oxygen atoms in total. The summed E-state index contributed by atoms with van der Waals surface area (Å²) in [5.41, 5.74) is 1.63. The smallest absolute Gasteiger partial charge is 0.253 e. The van der Waals surface area contributed by atoms with E-state index in [0.29, 0.717) is 44.2 Å². The Hall–Kier alpha value is -3.68. The van der Waals surface area contributed by atoms with Crippen molar-refractivity contribution in [2.75, 3.05) is 43.0 Å². The summed E-state index contributed by atoms with van der Waals surface area (Å²) >= 11 is 0. The molecule has 1 saturated heterocycles. The van der Waals surface area contributed by atoms with Crippen LogP contribution in [-0.2, 0) is 0 Å². The van der Waals surface area contributed by atoms with Gasteiger partial charge in [-0.3, -0.25) is 4.79 Å². The monoisotopic (exact) mass is 460 g/mol. The van der Waals surface area contributed by atoms with Crippen molar-refractivity contribution in [3.63, 3.8) is 0 Å². The van der Waals surface area contributed by atoms with Crippen LogP contribution in [0.4, 0.5) is 17.5 Å². The summed E-state index contributed by atoms with van der Waals surface area (Å²) in [7, 11) is 0. The maximum absolute atomic E-state index is 12.9. The third-order valence-corrected chi connectivity index (χ3v) is 5.80. The van der Waals surface area contributed by atoms with Gasteiger partial charge in [0.05, 0.1) is 6.61 Å². The molecule has 178 valence electrons. The molecular weight excluding hydrogens is 428 g/mol. The summed E-state index contributed by atoms with van der Waals surface area (Å²) in [6, 6.07) is 17.1. The first-order valence-corrected chi connectivity index (χ1v) is 11.9. The van der Waals surface area contributed by atoms with Crippen LogP contribution in [0.25, 0.3) is 0 Å². The number of hydrogen-bond donors (Lipinski definition) is 1. The number of carbonyl (C=O) groups excluding carboxylic acids is 1. The van der Waals surface area contributed by atoms with Gasteiger partial charge in [-0.2, -0.15) is 0 Å². The molecule has 1 aliphatic heterocycles. The number of pyridine rings is 1. The molecule has 2 aromatic heterocycles. The van der Waals surface area contributed by atoms with Gasteiger partial charge < -0.3 is 19.9 Å². The fraction of sp³-hybridized carbons (Fsp3) is 0.385. The van der Waals surface area contributed by atoms with Crippen LogP contribution >= 0.6 is 0 Å². The summed E-state index contributed by atoms with van der Waals surface area (Å²) in [5.74, 6) is 3.05. The Kier molecular flexibility index (Phi) is 7.91. The van der Waals surface area contributed by atoms with E-state index in [2.05, 4.69) is 32.3 Å². The molecule has 0 saturated carbocycles. The van der Waals surface area contributed by atoms with Gasteiger partial charge in [0.2, 0.25) is 0 Å². The van der Waals surface area contributed by atoms with Gasteiger partial charge in [0.1, 0.15) is 11.6 Å². The van der Waals surface area contributed by atoms with Gasteiger partial charge >= 0.3 is 0 Å². The van der Waals surface area contributed by atoms with Crippen molar-refractivity contribution in [2.24, 2.45) is 0 Å². The zero-order chi connectivity index (χ0) is 23.8. The van der Waals surface area contributed by atoms with Crippen molar-refractivity contribution in [1.82, 2.24) is 20.1 Å². The van der Waals surface area contributed by atoms with E-state index in [0.717, 1.165) is 29.5 Å². The normalized spacial score (nSPS) is 13.6. The highest BCUT2D eigenvalue weighted by Gasteiger charge is 2.23. The largest absolute Gasteiger partial charge is 0.494 e. The van der Waals surface area contributed by atoms with Crippen LogP contribution in [-0.4, -0.2) is 58.8 Å². The van der Waals surface area contributed by atoms with Crippen molar-refractivity contribution in [3.8, 4) is 5.75 Å². The molecule has 0 spiro atoms. The molecule has 1 fully saturated rings. The molecule has 1 amide bonds. The number of unbranched alkanes of at least 4 members (excludes halogenated alkanes) is 2. The lowest BCUT2D eigenvalue weighted by atomic mass is 10.1. The van der Waals surface area contributed by atoms with Crippen molar-refractivity contribution in [2.45, 2.75) is 33.1 Å². The highest BCUT2D eigenvalue weighted by Crippen LogP contribution is 2.19. The number of carbonyl (C=O) groups is 1. The van der Waals surface area contributed by atoms with Gasteiger partial charge in [-0.05, 0) is 61.9 Å². The second-order valence-electron chi connectivity index (χ2n) is 8.43. The molecule has 0 atom stereocenters. The van der Waals surface area contributed by atoms with Crippen LogP contribution < -0.4 is 15.0 Å². The van der Waals surface area contributed by atoms with Gasteiger partial charge in [0.25, 0.3) is 5.91 Å². The van der Waals surface area contributed by atoms with Crippen molar-refractivity contribution in [3.05, 3.63) is 65.9 Å². The Morgan fingerprint density at radius 2 is 1.74 bits per heavy atom. The van der Waals surface area contributed by atoms with Gasteiger partial charge in [-0.15, -0.1) is 10.2 Å². The SMILES string of the molecule is CCCCCOc1ccc(C(=O)N2CCN(c3ccc(Nc4cccc(C)n4)nn3)CC2)cc1. The average molecular weight is 461 g/mol.